The first-order valence-corrected chi connectivity index (χ1v) is 11.7. The lowest BCUT2D eigenvalue weighted by atomic mass is 10.0. The molecule has 0 bridgehead atoms. The predicted molar refractivity (Wildman–Crippen MR) is 99.5 cm³/mol. The van der Waals surface area contributed by atoms with Gasteiger partial charge in [0.05, 0.1) is 6.10 Å². The summed E-state index contributed by atoms with van der Waals surface area (Å²) in [6.07, 6.45) is 1.14. The number of aliphatic hydroxyl groups is 1. The van der Waals surface area contributed by atoms with Crippen molar-refractivity contribution in [3.8, 4) is 0 Å². The summed E-state index contributed by atoms with van der Waals surface area (Å²) < 4.78 is 12.1. The zero-order valence-corrected chi connectivity index (χ0v) is 17.8. The maximum absolute atomic E-state index is 12.9. The minimum absolute atomic E-state index is 0.0495. The van der Waals surface area contributed by atoms with Crippen LogP contribution in [0.5, 0.6) is 0 Å². The number of carbonyl (C=O) groups excluding carboxylic acids is 1. The van der Waals surface area contributed by atoms with Crippen molar-refractivity contribution in [1.29, 1.82) is 0 Å². The number of ether oxygens (including phenoxy) is 1. The third kappa shape index (κ3) is 6.82. The molecular weight excluding hydrogens is 322 g/mol. The smallest absolute Gasteiger partial charge is 0.316 e. The first kappa shape index (κ1) is 21.6. The summed E-state index contributed by atoms with van der Waals surface area (Å²) in [7, 11) is -2.85. The molecular formula is C18H37NO4Si. The number of aliphatic hydroxyl groups excluding tert-OH is 1. The lowest BCUT2D eigenvalue weighted by Gasteiger charge is -2.40. The highest BCUT2D eigenvalue weighted by atomic mass is 28.4. The van der Waals surface area contributed by atoms with Crippen LogP contribution >= 0.6 is 0 Å². The second kappa shape index (κ2) is 7.85. The Kier molecular flexibility index (Phi) is 7.07. The molecule has 1 aliphatic heterocycles. The average Bonchev–Trinajstić information content (AvgIpc) is 2.84. The van der Waals surface area contributed by atoms with Crippen LogP contribution in [0.25, 0.3) is 0 Å². The molecule has 0 aliphatic carbocycles. The van der Waals surface area contributed by atoms with E-state index in [2.05, 4.69) is 25.7 Å². The zero-order chi connectivity index (χ0) is 18.8. The molecule has 3 atom stereocenters. The summed E-state index contributed by atoms with van der Waals surface area (Å²) in [6.45, 7) is 17.4. The molecule has 0 saturated carbocycles. The van der Waals surface area contributed by atoms with Gasteiger partial charge in [-0.25, -0.2) is 0 Å². The Morgan fingerprint density at radius 3 is 2.04 bits per heavy atom. The van der Waals surface area contributed by atoms with E-state index in [0.29, 0.717) is 6.04 Å². The molecule has 5 nitrogen and oxygen atoms in total. The highest BCUT2D eigenvalue weighted by molar-refractivity contribution is 6.99. The van der Waals surface area contributed by atoms with Crippen molar-refractivity contribution in [2.75, 3.05) is 13.1 Å². The van der Waals surface area contributed by atoms with Gasteiger partial charge in [0.15, 0.2) is 0 Å². The maximum atomic E-state index is 12.9. The van der Waals surface area contributed by atoms with E-state index in [-0.39, 0.29) is 11.0 Å². The van der Waals surface area contributed by atoms with Crippen molar-refractivity contribution in [3.63, 3.8) is 0 Å². The first-order chi connectivity index (χ1) is 10.7. The Morgan fingerprint density at radius 2 is 1.67 bits per heavy atom. The Labute approximate surface area is 148 Å². The third-order valence-electron chi connectivity index (χ3n) is 3.99. The van der Waals surface area contributed by atoms with Gasteiger partial charge in [0.2, 0.25) is 0 Å². The Balaban J connectivity index is 3.04. The standard InChI is InChI=1S/C18H37NO4Si/c1-14(20)15(19-11-9-10-12-19)23-24(8,13-17(2,3)4)16(21)22-18(5,6)7/h14-15,20H,9-13H2,1-8H3/t14-,15-,24?/m1/s1. The number of likely N-dealkylation sites (tertiary alicyclic amines) is 1. The lowest BCUT2D eigenvalue weighted by molar-refractivity contribution is -0.0559. The van der Waals surface area contributed by atoms with Gasteiger partial charge < -0.3 is 14.3 Å². The third-order valence-corrected chi connectivity index (χ3v) is 7.46. The van der Waals surface area contributed by atoms with Crippen LogP contribution in [0.1, 0.15) is 61.3 Å². The Bertz CT molecular complexity index is 422. The molecule has 1 saturated heterocycles. The van der Waals surface area contributed by atoms with Gasteiger partial charge in [0, 0.05) is 13.1 Å². The van der Waals surface area contributed by atoms with Gasteiger partial charge in [-0.15, -0.1) is 0 Å². The van der Waals surface area contributed by atoms with Crippen molar-refractivity contribution >= 4 is 13.9 Å². The molecule has 0 radical (unpaired) electrons. The topological polar surface area (TPSA) is 59.0 Å². The van der Waals surface area contributed by atoms with E-state index in [1.807, 2.05) is 27.3 Å². The fourth-order valence-electron chi connectivity index (χ4n) is 3.30. The number of hydrogen-bond acceptors (Lipinski definition) is 5. The van der Waals surface area contributed by atoms with E-state index in [1.165, 1.54) is 0 Å². The van der Waals surface area contributed by atoms with E-state index >= 15 is 0 Å². The molecule has 0 amide bonds. The van der Waals surface area contributed by atoms with E-state index in [4.69, 9.17) is 9.16 Å². The number of carbonyl (C=O) groups is 1. The zero-order valence-electron chi connectivity index (χ0n) is 16.8. The highest BCUT2D eigenvalue weighted by Gasteiger charge is 2.48. The van der Waals surface area contributed by atoms with Crippen LogP contribution in [0, 0.1) is 5.41 Å². The minimum Gasteiger partial charge on any atom is -0.462 e. The average molecular weight is 360 g/mol. The van der Waals surface area contributed by atoms with E-state index < -0.39 is 26.3 Å². The summed E-state index contributed by atoms with van der Waals surface area (Å²) in [5.74, 6) is 0. The van der Waals surface area contributed by atoms with E-state index in [0.717, 1.165) is 25.9 Å². The van der Waals surface area contributed by atoms with Crippen LogP contribution in [0.15, 0.2) is 0 Å². The van der Waals surface area contributed by atoms with E-state index in [9.17, 15) is 9.90 Å². The molecule has 1 heterocycles. The molecule has 0 aromatic rings. The fourth-order valence-corrected chi connectivity index (χ4v) is 7.05. The highest BCUT2D eigenvalue weighted by Crippen LogP contribution is 2.33. The largest absolute Gasteiger partial charge is 0.462 e. The van der Waals surface area contributed by atoms with Crippen molar-refractivity contribution in [3.05, 3.63) is 0 Å². The Hall–Kier alpha value is -0.433. The summed E-state index contributed by atoms with van der Waals surface area (Å²) in [5, 5.41) is 10.3. The second-order valence-electron chi connectivity index (χ2n) is 9.46. The van der Waals surface area contributed by atoms with Gasteiger partial charge in [0.1, 0.15) is 11.8 Å². The van der Waals surface area contributed by atoms with Gasteiger partial charge in [-0.2, -0.15) is 0 Å². The van der Waals surface area contributed by atoms with Crippen molar-refractivity contribution in [2.24, 2.45) is 5.41 Å². The van der Waals surface area contributed by atoms with Crippen molar-refractivity contribution in [2.45, 2.75) is 91.8 Å². The molecule has 142 valence electrons. The molecule has 0 aromatic heterocycles. The molecule has 1 aliphatic rings. The van der Waals surface area contributed by atoms with Gasteiger partial charge in [0.25, 0.3) is 0 Å². The second-order valence-corrected chi connectivity index (χ2v) is 12.9. The number of nitrogens with zero attached hydrogens (tertiary/aromatic N) is 1. The van der Waals surface area contributed by atoms with Gasteiger partial charge in [-0.05, 0) is 58.5 Å². The van der Waals surface area contributed by atoms with Crippen LogP contribution in [-0.2, 0) is 9.16 Å². The molecule has 0 spiro atoms. The van der Waals surface area contributed by atoms with Gasteiger partial charge in [-0.1, -0.05) is 20.8 Å². The molecule has 0 aromatic carbocycles. The molecule has 1 rings (SSSR count). The van der Waals surface area contributed by atoms with Crippen molar-refractivity contribution < 1.29 is 19.1 Å². The number of hydrogen-bond donors (Lipinski definition) is 1. The predicted octanol–water partition coefficient (Wildman–Crippen LogP) is 3.94. The minimum atomic E-state index is -2.85. The van der Waals surface area contributed by atoms with Crippen molar-refractivity contribution in [1.82, 2.24) is 4.90 Å². The van der Waals surface area contributed by atoms with Crippen LogP contribution < -0.4 is 0 Å². The quantitative estimate of drug-likeness (QED) is 0.728. The molecule has 1 N–H and O–H groups in total. The summed E-state index contributed by atoms with van der Waals surface area (Å²) in [5.41, 5.74) is -0.818. The summed E-state index contributed by atoms with van der Waals surface area (Å²) >= 11 is 0. The Morgan fingerprint density at radius 1 is 1.17 bits per heavy atom. The first-order valence-electron chi connectivity index (χ1n) is 9.07. The molecule has 1 fully saturated rings. The van der Waals surface area contributed by atoms with Crippen LogP contribution in [0.3, 0.4) is 0 Å². The summed E-state index contributed by atoms with van der Waals surface area (Å²) in [4.78, 5) is 15.1. The van der Waals surface area contributed by atoms with Gasteiger partial charge in [-0.3, -0.25) is 9.69 Å². The monoisotopic (exact) mass is 359 g/mol. The normalized spacial score (nSPS) is 22.0. The number of rotatable bonds is 6. The summed E-state index contributed by atoms with van der Waals surface area (Å²) in [6, 6.07) is 0.659. The van der Waals surface area contributed by atoms with Crippen LogP contribution in [-0.4, -0.2) is 54.9 Å². The molecule has 6 heteroatoms. The maximum Gasteiger partial charge on any atom is 0.316 e. The van der Waals surface area contributed by atoms with Crippen LogP contribution in [0.4, 0.5) is 4.79 Å². The van der Waals surface area contributed by atoms with Crippen LogP contribution in [0.2, 0.25) is 12.6 Å². The SMILES string of the molecule is C[C@@H](O)[C@@H](O[Si](C)(CC(C)(C)C)C(=O)OC(C)(C)C)N1CCCC1. The molecule has 1 unspecified atom stereocenters. The molecule has 24 heavy (non-hydrogen) atoms. The lowest BCUT2D eigenvalue weighted by Crippen LogP contribution is -2.56. The van der Waals surface area contributed by atoms with E-state index in [1.54, 1.807) is 6.92 Å². The fraction of sp³-hybridized carbons (Fsp3) is 0.944. The van der Waals surface area contributed by atoms with Gasteiger partial charge >= 0.3 is 13.9 Å².